The first-order valence-electron chi connectivity index (χ1n) is 12.4. The van der Waals surface area contributed by atoms with Crippen molar-refractivity contribution in [3.8, 4) is 0 Å². The van der Waals surface area contributed by atoms with Crippen LogP contribution in [0.3, 0.4) is 0 Å². The fourth-order valence-corrected chi connectivity index (χ4v) is 5.01. The van der Waals surface area contributed by atoms with Gasteiger partial charge in [0.05, 0.1) is 18.9 Å². The van der Waals surface area contributed by atoms with Gasteiger partial charge < -0.3 is 9.47 Å². The Hall–Kier alpha value is -3.71. The number of hydrogen-bond acceptors (Lipinski definition) is 5. The number of allylic oxidation sites excluding steroid dienone is 4. The molecular weight excluding hydrogens is 471 g/mol. The maximum Gasteiger partial charge on any atom is 0.417 e. The second kappa shape index (κ2) is 11.6. The number of imide groups is 1. The average molecular weight is 505 g/mol. The van der Waals surface area contributed by atoms with Crippen LogP contribution in [0.15, 0.2) is 96.8 Å². The van der Waals surface area contributed by atoms with Crippen LogP contribution in [0.2, 0.25) is 0 Å². The number of halogens is 1. The van der Waals surface area contributed by atoms with Gasteiger partial charge in [-0.05, 0) is 36.1 Å². The van der Waals surface area contributed by atoms with Gasteiger partial charge in [-0.2, -0.15) is 0 Å². The van der Waals surface area contributed by atoms with Gasteiger partial charge in [0.15, 0.2) is 0 Å². The highest BCUT2D eigenvalue weighted by Gasteiger charge is 2.58. The molecule has 3 atom stereocenters. The molecule has 0 saturated carbocycles. The first-order chi connectivity index (χ1) is 17.9. The minimum absolute atomic E-state index is 0.0356. The SMILES string of the molecule is C=C/C(=C\C=C(/C)OC)[C@@H]1CN(Cc2ccccc2)C[C@@]1(F)C(=O)N1C(=O)OC[C@H]1Cc1ccccc1. The van der Waals surface area contributed by atoms with Gasteiger partial charge in [-0.15, -0.1) is 0 Å². The highest BCUT2D eigenvalue weighted by Crippen LogP contribution is 2.40. The van der Waals surface area contributed by atoms with E-state index in [9.17, 15) is 9.59 Å². The van der Waals surface area contributed by atoms with Crippen LogP contribution in [0.25, 0.3) is 0 Å². The molecule has 2 heterocycles. The summed E-state index contributed by atoms with van der Waals surface area (Å²) in [6.07, 6.45) is 4.62. The van der Waals surface area contributed by atoms with Gasteiger partial charge in [-0.25, -0.2) is 14.1 Å². The highest BCUT2D eigenvalue weighted by atomic mass is 19.1. The summed E-state index contributed by atoms with van der Waals surface area (Å²) in [6.45, 7) is 6.33. The van der Waals surface area contributed by atoms with Gasteiger partial charge in [0.25, 0.3) is 5.91 Å². The third kappa shape index (κ3) is 5.83. The van der Waals surface area contributed by atoms with Gasteiger partial charge in [0.2, 0.25) is 5.67 Å². The zero-order chi connectivity index (χ0) is 26.4. The molecule has 2 amide bonds. The third-order valence-electron chi connectivity index (χ3n) is 7.02. The van der Waals surface area contributed by atoms with E-state index in [1.807, 2.05) is 65.6 Å². The lowest BCUT2D eigenvalue weighted by Gasteiger charge is -2.31. The Balaban J connectivity index is 1.66. The van der Waals surface area contributed by atoms with Crippen molar-refractivity contribution in [2.75, 3.05) is 26.8 Å². The zero-order valence-corrected chi connectivity index (χ0v) is 21.3. The Morgan fingerprint density at radius 1 is 1.14 bits per heavy atom. The Morgan fingerprint density at radius 2 is 1.78 bits per heavy atom. The van der Waals surface area contributed by atoms with E-state index in [1.54, 1.807) is 32.3 Å². The molecule has 0 spiro atoms. The lowest BCUT2D eigenvalue weighted by molar-refractivity contribution is -0.142. The molecule has 2 aliphatic rings. The quantitative estimate of drug-likeness (QED) is 0.352. The first kappa shape index (κ1) is 26.4. The summed E-state index contributed by atoms with van der Waals surface area (Å²) in [6, 6.07) is 18.7. The fraction of sp³-hybridized carbons (Fsp3) is 0.333. The molecule has 0 radical (unpaired) electrons. The van der Waals surface area contributed by atoms with Crippen molar-refractivity contribution in [3.63, 3.8) is 0 Å². The van der Waals surface area contributed by atoms with E-state index in [1.165, 1.54) is 0 Å². The summed E-state index contributed by atoms with van der Waals surface area (Å²) < 4.78 is 27.6. The van der Waals surface area contributed by atoms with E-state index in [0.29, 0.717) is 30.8 Å². The molecule has 2 aliphatic heterocycles. The number of carbonyl (C=O) groups is 2. The maximum absolute atomic E-state index is 17.1. The van der Waals surface area contributed by atoms with Crippen LogP contribution in [-0.2, 0) is 27.2 Å². The summed E-state index contributed by atoms with van der Waals surface area (Å²) >= 11 is 0. The molecule has 0 unspecified atom stereocenters. The summed E-state index contributed by atoms with van der Waals surface area (Å²) in [4.78, 5) is 29.6. The second-order valence-electron chi connectivity index (χ2n) is 9.52. The van der Waals surface area contributed by atoms with Crippen molar-refractivity contribution in [3.05, 3.63) is 108 Å². The standard InChI is InChI=1S/C30H33FN2O4/c1-4-25(16-15-22(2)36-3)27-19-32(18-24-13-9-6-10-14-24)21-30(27,31)28(34)33-26(20-37-29(33)35)17-23-11-7-5-8-12-23/h4-16,26-27H,1,17-21H2,2-3H3/b22-15+,25-16+/t26-,27+,30+/m1/s1. The molecule has 2 aromatic carbocycles. The molecule has 4 rings (SSSR count). The number of amides is 2. The number of likely N-dealkylation sites (tertiary alicyclic amines) is 1. The van der Waals surface area contributed by atoms with Crippen molar-refractivity contribution in [1.29, 1.82) is 0 Å². The zero-order valence-electron chi connectivity index (χ0n) is 21.3. The fourth-order valence-electron chi connectivity index (χ4n) is 5.01. The summed E-state index contributed by atoms with van der Waals surface area (Å²) in [7, 11) is 1.55. The van der Waals surface area contributed by atoms with Crippen LogP contribution in [0.1, 0.15) is 18.1 Å². The number of alkyl halides is 1. The van der Waals surface area contributed by atoms with Gasteiger partial charge in [-0.3, -0.25) is 9.69 Å². The van der Waals surface area contributed by atoms with Crippen molar-refractivity contribution in [2.24, 2.45) is 5.92 Å². The molecule has 0 aromatic heterocycles. The largest absolute Gasteiger partial charge is 0.501 e. The van der Waals surface area contributed by atoms with Gasteiger partial charge in [0.1, 0.15) is 6.61 Å². The van der Waals surface area contributed by atoms with Crippen LogP contribution < -0.4 is 0 Å². The first-order valence-corrected chi connectivity index (χ1v) is 12.4. The van der Waals surface area contributed by atoms with Crippen LogP contribution in [-0.4, -0.2) is 60.3 Å². The lowest BCUT2D eigenvalue weighted by Crippen LogP contribution is -2.54. The predicted octanol–water partition coefficient (Wildman–Crippen LogP) is 5.08. The average Bonchev–Trinajstić information content (AvgIpc) is 3.44. The number of rotatable bonds is 9. The topological polar surface area (TPSA) is 59.1 Å². The highest BCUT2D eigenvalue weighted by molar-refractivity contribution is 5.99. The normalized spacial score (nSPS) is 24.7. The number of carbonyl (C=O) groups excluding carboxylic acids is 2. The number of benzene rings is 2. The number of hydrogen-bond donors (Lipinski definition) is 0. The van der Waals surface area contributed by atoms with Crippen molar-refractivity contribution in [1.82, 2.24) is 9.80 Å². The van der Waals surface area contributed by atoms with Crippen LogP contribution in [0.4, 0.5) is 9.18 Å². The summed E-state index contributed by atoms with van der Waals surface area (Å²) in [5.74, 6) is -1.05. The van der Waals surface area contributed by atoms with Crippen LogP contribution in [0.5, 0.6) is 0 Å². The molecule has 0 bridgehead atoms. The Kier molecular flexibility index (Phi) is 8.24. The minimum Gasteiger partial charge on any atom is -0.501 e. The molecule has 194 valence electrons. The number of nitrogens with zero attached hydrogens (tertiary/aromatic N) is 2. The smallest absolute Gasteiger partial charge is 0.417 e. The summed E-state index contributed by atoms with van der Waals surface area (Å²) in [5.41, 5.74) is 0.175. The van der Waals surface area contributed by atoms with E-state index in [2.05, 4.69) is 6.58 Å². The van der Waals surface area contributed by atoms with E-state index in [0.717, 1.165) is 16.0 Å². The van der Waals surface area contributed by atoms with E-state index in [4.69, 9.17) is 9.47 Å². The van der Waals surface area contributed by atoms with Crippen molar-refractivity contribution in [2.45, 2.75) is 31.6 Å². The molecule has 37 heavy (non-hydrogen) atoms. The molecule has 7 heteroatoms. The molecule has 2 saturated heterocycles. The molecule has 2 aromatic rings. The van der Waals surface area contributed by atoms with Crippen molar-refractivity contribution >= 4 is 12.0 Å². The van der Waals surface area contributed by atoms with E-state index in [-0.39, 0.29) is 13.2 Å². The lowest BCUT2D eigenvalue weighted by atomic mass is 9.84. The Morgan fingerprint density at radius 3 is 2.41 bits per heavy atom. The van der Waals surface area contributed by atoms with Gasteiger partial charge >= 0.3 is 6.09 Å². The molecule has 0 aliphatic carbocycles. The number of methoxy groups -OCH3 is 1. The van der Waals surface area contributed by atoms with Crippen LogP contribution in [0, 0.1) is 5.92 Å². The van der Waals surface area contributed by atoms with Crippen LogP contribution >= 0.6 is 0 Å². The molecule has 6 nitrogen and oxygen atoms in total. The predicted molar refractivity (Wildman–Crippen MR) is 140 cm³/mol. The second-order valence-corrected chi connectivity index (χ2v) is 9.52. The van der Waals surface area contributed by atoms with E-state index >= 15 is 4.39 Å². The Labute approximate surface area is 217 Å². The molecular formula is C30H33FN2O4. The maximum atomic E-state index is 17.1. The minimum atomic E-state index is -2.35. The van der Waals surface area contributed by atoms with E-state index < -0.39 is 29.6 Å². The molecule has 0 N–H and O–H groups in total. The monoisotopic (exact) mass is 504 g/mol. The summed E-state index contributed by atoms with van der Waals surface area (Å²) in [5, 5.41) is 0. The third-order valence-corrected chi connectivity index (χ3v) is 7.02. The number of cyclic esters (lactones) is 1. The van der Waals surface area contributed by atoms with Crippen molar-refractivity contribution < 1.29 is 23.5 Å². The van der Waals surface area contributed by atoms with Gasteiger partial charge in [-0.1, -0.05) is 79.4 Å². The number of ether oxygens (including phenoxy) is 2. The Bertz CT molecular complexity index is 1180. The molecule has 2 fully saturated rings. The van der Waals surface area contributed by atoms with Gasteiger partial charge in [0, 0.05) is 25.6 Å².